The molecule has 0 aliphatic heterocycles. The quantitative estimate of drug-likeness (QED) is 0.665. The van der Waals surface area contributed by atoms with Crippen LogP contribution < -0.4 is 10.2 Å². The van der Waals surface area contributed by atoms with Crippen molar-refractivity contribution in [1.82, 2.24) is 0 Å². The molecule has 124 valence electrons. The lowest BCUT2D eigenvalue weighted by Crippen LogP contribution is -2.13. The summed E-state index contributed by atoms with van der Waals surface area (Å²) in [6.45, 7) is 0. The van der Waals surface area contributed by atoms with Crippen LogP contribution in [-0.4, -0.2) is 29.8 Å². The summed E-state index contributed by atoms with van der Waals surface area (Å²) in [5, 5.41) is 24.3. The molecule has 0 aromatic heterocycles. The molecular weight excluding hydrogens is 316 g/mol. The fraction of sp³-hybridized carbons (Fsp3) is 0.133. The van der Waals surface area contributed by atoms with Gasteiger partial charge < -0.3 is 10.2 Å². The monoisotopic (exact) mass is 330 g/mol. The largest absolute Gasteiger partial charge is 0.378 e. The van der Waals surface area contributed by atoms with Gasteiger partial charge in [0.25, 0.3) is 17.3 Å². The van der Waals surface area contributed by atoms with Gasteiger partial charge in [-0.05, 0) is 24.3 Å². The molecule has 2 rings (SSSR count). The van der Waals surface area contributed by atoms with Gasteiger partial charge in [-0.1, -0.05) is 0 Å². The number of amides is 1. The highest BCUT2D eigenvalue weighted by atomic mass is 16.6. The van der Waals surface area contributed by atoms with Crippen molar-refractivity contribution in [2.24, 2.45) is 0 Å². The molecule has 2 aromatic carbocycles. The minimum absolute atomic E-state index is 0.160. The van der Waals surface area contributed by atoms with Gasteiger partial charge in [-0.2, -0.15) is 0 Å². The molecule has 0 atom stereocenters. The lowest BCUT2D eigenvalue weighted by atomic mass is 10.1. The van der Waals surface area contributed by atoms with Gasteiger partial charge in [-0.25, -0.2) is 0 Å². The maximum absolute atomic E-state index is 12.2. The Morgan fingerprint density at radius 3 is 1.88 bits per heavy atom. The van der Waals surface area contributed by atoms with Crippen molar-refractivity contribution in [2.45, 2.75) is 0 Å². The van der Waals surface area contributed by atoms with Crippen LogP contribution in [0, 0.1) is 20.2 Å². The van der Waals surface area contributed by atoms with Gasteiger partial charge in [-0.15, -0.1) is 0 Å². The standard InChI is InChI=1S/C15H14N4O5/c1-17(2)12-5-3-11(4-6-12)16-15(20)10-7-13(18(21)22)9-14(8-10)19(23)24/h3-9H,1-2H3,(H,16,20). The smallest absolute Gasteiger partial charge is 0.277 e. The maximum atomic E-state index is 12.2. The molecule has 1 amide bonds. The highest BCUT2D eigenvalue weighted by molar-refractivity contribution is 6.05. The van der Waals surface area contributed by atoms with Gasteiger partial charge in [0.05, 0.1) is 21.5 Å². The first-order valence-electron chi connectivity index (χ1n) is 6.80. The second-order valence-electron chi connectivity index (χ2n) is 5.15. The number of hydrogen-bond donors (Lipinski definition) is 1. The van der Waals surface area contributed by atoms with Crippen molar-refractivity contribution in [3.8, 4) is 0 Å². The van der Waals surface area contributed by atoms with E-state index >= 15 is 0 Å². The van der Waals surface area contributed by atoms with E-state index in [2.05, 4.69) is 5.32 Å². The van der Waals surface area contributed by atoms with Crippen LogP contribution in [0.25, 0.3) is 0 Å². The molecule has 0 heterocycles. The minimum atomic E-state index is -0.782. The van der Waals surface area contributed by atoms with E-state index in [1.165, 1.54) is 0 Å². The summed E-state index contributed by atoms with van der Waals surface area (Å²) in [6, 6.07) is 9.70. The number of hydrogen-bond acceptors (Lipinski definition) is 6. The molecule has 0 bridgehead atoms. The van der Waals surface area contributed by atoms with Gasteiger partial charge in [0.15, 0.2) is 0 Å². The number of nitrogens with one attached hydrogen (secondary N) is 1. The van der Waals surface area contributed by atoms with E-state index in [1.54, 1.807) is 24.3 Å². The lowest BCUT2D eigenvalue weighted by Gasteiger charge is -2.13. The van der Waals surface area contributed by atoms with Crippen LogP contribution in [0.1, 0.15) is 10.4 Å². The Kier molecular flexibility index (Phi) is 4.73. The molecular formula is C15H14N4O5. The third kappa shape index (κ3) is 3.83. The van der Waals surface area contributed by atoms with Crippen LogP contribution in [0.5, 0.6) is 0 Å². The third-order valence-corrected chi connectivity index (χ3v) is 3.23. The van der Waals surface area contributed by atoms with E-state index in [4.69, 9.17) is 0 Å². The number of rotatable bonds is 5. The first-order valence-corrected chi connectivity index (χ1v) is 6.80. The Balaban J connectivity index is 2.28. The summed E-state index contributed by atoms with van der Waals surface area (Å²) in [5.41, 5.74) is 0.209. The molecule has 0 unspecified atom stereocenters. The molecule has 24 heavy (non-hydrogen) atoms. The van der Waals surface area contributed by atoms with E-state index < -0.39 is 27.1 Å². The van der Waals surface area contributed by atoms with Gasteiger partial charge in [0, 0.05) is 37.6 Å². The Morgan fingerprint density at radius 2 is 1.46 bits per heavy atom. The fourth-order valence-electron chi connectivity index (χ4n) is 1.98. The summed E-state index contributed by atoms with van der Waals surface area (Å²) in [5.74, 6) is -0.667. The first-order chi connectivity index (χ1) is 11.3. The van der Waals surface area contributed by atoms with Gasteiger partial charge in [-0.3, -0.25) is 25.0 Å². The maximum Gasteiger partial charge on any atom is 0.277 e. The van der Waals surface area contributed by atoms with E-state index in [0.717, 1.165) is 23.9 Å². The van der Waals surface area contributed by atoms with E-state index in [9.17, 15) is 25.0 Å². The van der Waals surface area contributed by atoms with E-state index in [-0.39, 0.29) is 5.56 Å². The van der Waals surface area contributed by atoms with Crippen LogP contribution in [0.2, 0.25) is 0 Å². The van der Waals surface area contributed by atoms with Crippen molar-refractivity contribution in [3.05, 3.63) is 68.3 Å². The molecule has 0 saturated carbocycles. The Labute approximate surface area is 136 Å². The number of anilines is 2. The van der Waals surface area contributed by atoms with Crippen LogP contribution in [0.4, 0.5) is 22.7 Å². The molecule has 0 spiro atoms. The fourth-order valence-corrected chi connectivity index (χ4v) is 1.98. The Bertz CT molecular complexity index is 770. The molecule has 9 nitrogen and oxygen atoms in total. The van der Waals surface area contributed by atoms with Crippen LogP contribution in [0.3, 0.4) is 0 Å². The third-order valence-electron chi connectivity index (χ3n) is 3.23. The number of nitrogens with zero attached hydrogens (tertiary/aromatic N) is 3. The highest BCUT2D eigenvalue weighted by Gasteiger charge is 2.19. The summed E-state index contributed by atoms with van der Waals surface area (Å²) in [7, 11) is 3.74. The molecule has 2 aromatic rings. The number of nitro benzene ring substituents is 2. The molecule has 0 saturated heterocycles. The Hall–Kier alpha value is -3.49. The predicted molar refractivity (Wildman–Crippen MR) is 88.5 cm³/mol. The van der Waals surface area contributed by atoms with Crippen molar-refractivity contribution in [2.75, 3.05) is 24.3 Å². The molecule has 0 aliphatic carbocycles. The molecule has 0 aliphatic rings. The molecule has 1 N–H and O–H groups in total. The van der Waals surface area contributed by atoms with Crippen molar-refractivity contribution < 1.29 is 14.6 Å². The number of carbonyl (C=O) groups is 1. The van der Waals surface area contributed by atoms with Gasteiger partial charge in [0.1, 0.15) is 0 Å². The second-order valence-corrected chi connectivity index (χ2v) is 5.15. The average molecular weight is 330 g/mol. The van der Waals surface area contributed by atoms with Gasteiger partial charge >= 0.3 is 0 Å². The average Bonchev–Trinajstić information content (AvgIpc) is 2.54. The van der Waals surface area contributed by atoms with Crippen molar-refractivity contribution in [1.29, 1.82) is 0 Å². The van der Waals surface area contributed by atoms with Crippen LogP contribution in [0.15, 0.2) is 42.5 Å². The zero-order valence-electron chi connectivity index (χ0n) is 12.9. The molecule has 0 radical (unpaired) electrons. The highest BCUT2D eigenvalue weighted by Crippen LogP contribution is 2.24. The summed E-state index contributed by atoms with van der Waals surface area (Å²) < 4.78 is 0. The van der Waals surface area contributed by atoms with E-state index in [0.29, 0.717) is 5.69 Å². The number of nitro groups is 2. The Morgan fingerprint density at radius 1 is 0.958 bits per heavy atom. The number of non-ortho nitro benzene ring substituents is 2. The molecule has 0 fully saturated rings. The van der Waals surface area contributed by atoms with Crippen LogP contribution in [-0.2, 0) is 0 Å². The SMILES string of the molecule is CN(C)c1ccc(NC(=O)c2cc([N+](=O)[O-])cc([N+](=O)[O-])c2)cc1. The van der Waals surface area contributed by atoms with E-state index in [1.807, 2.05) is 19.0 Å². The second kappa shape index (κ2) is 6.73. The van der Waals surface area contributed by atoms with Crippen molar-refractivity contribution >= 4 is 28.7 Å². The zero-order valence-corrected chi connectivity index (χ0v) is 12.9. The minimum Gasteiger partial charge on any atom is -0.378 e. The number of benzene rings is 2. The normalized spacial score (nSPS) is 10.1. The summed E-state index contributed by atoms with van der Waals surface area (Å²) >= 11 is 0. The topological polar surface area (TPSA) is 119 Å². The summed E-state index contributed by atoms with van der Waals surface area (Å²) in [6.07, 6.45) is 0. The first kappa shape index (κ1) is 16.9. The zero-order chi connectivity index (χ0) is 17.9. The number of carbonyl (C=O) groups excluding carboxylic acids is 1. The molecule has 9 heteroatoms. The predicted octanol–water partition coefficient (Wildman–Crippen LogP) is 2.82. The van der Waals surface area contributed by atoms with Gasteiger partial charge in [0.2, 0.25) is 0 Å². The lowest BCUT2D eigenvalue weighted by molar-refractivity contribution is -0.394. The summed E-state index contributed by atoms with van der Waals surface area (Å²) in [4.78, 5) is 34.2. The van der Waals surface area contributed by atoms with Crippen molar-refractivity contribution in [3.63, 3.8) is 0 Å². The van der Waals surface area contributed by atoms with Crippen LogP contribution >= 0.6 is 0 Å².